The molecule has 0 aromatic heterocycles. The fourth-order valence-electron chi connectivity index (χ4n) is 1.71. The lowest BCUT2D eigenvalue weighted by Crippen LogP contribution is -2.27. The average Bonchev–Trinajstić information content (AvgIpc) is 2.48. The van der Waals surface area contributed by atoms with E-state index in [0.29, 0.717) is 13.0 Å². The molecule has 4 nitrogen and oxygen atoms in total. The monoisotopic (exact) mass is 278 g/mol. The van der Waals surface area contributed by atoms with Crippen LogP contribution < -0.4 is 15.4 Å². The lowest BCUT2D eigenvalue weighted by Gasteiger charge is -2.07. The first-order chi connectivity index (χ1) is 9.76. The molecule has 0 fully saturated rings. The third-order valence-corrected chi connectivity index (χ3v) is 2.83. The van der Waals surface area contributed by atoms with E-state index in [1.165, 1.54) is 5.56 Å². The molecule has 1 aromatic rings. The summed E-state index contributed by atoms with van der Waals surface area (Å²) < 4.78 is 5.53. The SMILES string of the molecule is CCCNC(=O)CCNCc1ccc(OCCC)cc1. The van der Waals surface area contributed by atoms with Gasteiger partial charge in [0.2, 0.25) is 5.91 Å². The quantitative estimate of drug-likeness (QED) is 0.646. The van der Waals surface area contributed by atoms with Gasteiger partial charge in [0, 0.05) is 26.1 Å². The van der Waals surface area contributed by atoms with Crippen molar-refractivity contribution in [3.05, 3.63) is 29.8 Å². The summed E-state index contributed by atoms with van der Waals surface area (Å²) in [4.78, 5) is 11.4. The van der Waals surface area contributed by atoms with Crippen LogP contribution in [0.3, 0.4) is 0 Å². The highest BCUT2D eigenvalue weighted by atomic mass is 16.5. The van der Waals surface area contributed by atoms with Crippen molar-refractivity contribution in [2.45, 2.75) is 39.7 Å². The molecule has 0 aliphatic rings. The van der Waals surface area contributed by atoms with E-state index in [1.54, 1.807) is 0 Å². The van der Waals surface area contributed by atoms with Gasteiger partial charge in [-0.3, -0.25) is 4.79 Å². The summed E-state index contributed by atoms with van der Waals surface area (Å²) in [6.45, 7) is 7.13. The first-order valence-electron chi connectivity index (χ1n) is 7.45. The van der Waals surface area contributed by atoms with Crippen molar-refractivity contribution >= 4 is 5.91 Å². The second-order valence-corrected chi connectivity index (χ2v) is 4.77. The number of amides is 1. The van der Waals surface area contributed by atoms with Gasteiger partial charge in [-0.25, -0.2) is 0 Å². The summed E-state index contributed by atoms with van der Waals surface area (Å²) >= 11 is 0. The van der Waals surface area contributed by atoms with Crippen molar-refractivity contribution < 1.29 is 9.53 Å². The molecule has 2 N–H and O–H groups in total. The van der Waals surface area contributed by atoms with E-state index >= 15 is 0 Å². The zero-order valence-electron chi connectivity index (χ0n) is 12.6. The van der Waals surface area contributed by atoms with Crippen LogP contribution >= 0.6 is 0 Å². The Morgan fingerprint density at radius 3 is 2.50 bits per heavy atom. The topological polar surface area (TPSA) is 50.4 Å². The summed E-state index contributed by atoms with van der Waals surface area (Å²) in [6.07, 6.45) is 2.52. The highest BCUT2D eigenvalue weighted by Gasteiger charge is 1.99. The summed E-state index contributed by atoms with van der Waals surface area (Å²) in [6, 6.07) is 8.07. The Morgan fingerprint density at radius 1 is 1.10 bits per heavy atom. The summed E-state index contributed by atoms with van der Waals surface area (Å²) in [5.74, 6) is 1.03. The van der Waals surface area contributed by atoms with E-state index in [2.05, 4.69) is 29.7 Å². The van der Waals surface area contributed by atoms with Crippen LogP contribution in [0, 0.1) is 0 Å². The molecule has 0 aliphatic carbocycles. The lowest BCUT2D eigenvalue weighted by molar-refractivity contribution is -0.120. The molecular weight excluding hydrogens is 252 g/mol. The number of benzene rings is 1. The van der Waals surface area contributed by atoms with E-state index in [1.807, 2.05) is 19.1 Å². The van der Waals surface area contributed by atoms with Crippen molar-refractivity contribution in [3.63, 3.8) is 0 Å². The highest BCUT2D eigenvalue weighted by molar-refractivity contribution is 5.75. The van der Waals surface area contributed by atoms with Crippen molar-refractivity contribution in [2.24, 2.45) is 0 Å². The van der Waals surface area contributed by atoms with Crippen LogP contribution in [0.4, 0.5) is 0 Å². The van der Waals surface area contributed by atoms with Crippen LogP contribution in [-0.4, -0.2) is 25.6 Å². The second kappa shape index (κ2) is 10.3. The van der Waals surface area contributed by atoms with Crippen LogP contribution in [0.15, 0.2) is 24.3 Å². The molecule has 1 amide bonds. The summed E-state index contributed by atoms with van der Waals surface area (Å²) in [5, 5.41) is 6.13. The van der Waals surface area contributed by atoms with Crippen molar-refractivity contribution in [2.75, 3.05) is 19.7 Å². The van der Waals surface area contributed by atoms with Crippen LogP contribution in [0.25, 0.3) is 0 Å². The van der Waals surface area contributed by atoms with Gasteiger partial charge in [0.15, 0.2) is 0 Å². The molecule has 1 rings (SSSR count). The van der Waals surface area contributed by atoms with E-state index in [9.17, 15) is 4.79 Å². The Bertz CT molecular complexity index is 377. The number of ether oxygens (including phenoxy) is 1. The van der Waals surface area contributed by atoms with Crippen molar-refractivity contribution in [3.8, 4) is 5.75 Å². The second-order valence-electron chi connectivity index (χ2n) is 4.77. The van der Waals surface area contributed by atoms with Crippen LogP contribution in [-0.2, 0) is 11.3 Å². The molecule has 0 unspecified atom stereocenters. The van der Waals surface area contributed by atoms with Crippen molar-refractivity contribution in [1.82, 2.24) is 10.6 Å². The number of carbonyl (C=O) groups is 1. The molecule has 0 atom stereocenters. The molecular formula is C16H26N2O2. The number of hydrogen-bond acceptors (Lipinski definition) is 3. The normalized spacial score (nSPS) is 10.3. The molecule has 4 heteroatoms. The van der Waals surface area contributed by atoms with Gasteiger partial charge in [0.25, 0.3) is 0 Å². The van der Waals surface area contributed by atoms with E-state index < -0.39 is 0 Å². The third-order valence-electron chi connectivity index (χ3n) is 2.83. The van der Waals surface area contributed by atoms with Gasteiger partial charge in [-0.2, -0.15) is 0 Å². The zero-order valence-corrected chi connectivity index (χ0v) is 12.6. The molecule has 20 heavy (non-hydrogen) atoms. The molecule has 112 valence electrons. The Balaban J connectivity index is 2.17. The van der Waals surface area contributed by atoms with Crippen LogP contribution in [0.5, 0.6) is 5.75 Å². The summed E-state index contributed by atoms with van der Waals surface area (Å²) in [7, 11) is 0. The van der Waals surface area contributed by atoms with Crippen LogP contribution in [0.2, 0.25) is 0 Å². The Morgan fingerprint density at radius 2 is 1.85 bits per heavy atom. The van der Waals surface area contributed by atoms with Gasteiger partial charge in [-0.05, 0) is 30.5 Å². The standard InChI is InChI=1S/C16H26N2O2/c1-3-10-18-16(19)9-11-17-13-14-5-7-15(8-6-14)20-12-4-2/h5-8,17H,3-4,9-13H2,1-2H3,(H,18,19). The van der Waals surface area contributed by atoms with E-state index in [4.69, 9.17) is 4.74 Å². The predicted molar refractivity (Wildman–Crippen MR) is 81.9 cm³/mol. The predicted octanol–water partition coefficient (Wildman–Crippen LogP) is 2.48. The fourth-order valence-corrected chi connectivity index (χ4v) is 1.71. The molecule has 1 aromatic carbocycles. The first kappa shape index (κ1) is 16.5. The largest absolute Gasteiger partial charge is 0.494 e. The highest BCUT2D eigenvalue weighted by Crippen LogP contribution is 2.12. The molecule has 0 saturated carbocycles. The Hall–Kier alpha value is -1.55. The minimum absolute atomic E-state index is 0.114. The molecule has 0 aliphatic heterocycles. The molecule has 0 spiro atoms. The minimum Gasteiger partial charge on any atom is -0.494 e. The van der Waals surface area contributed by atoms with E-state index in [-0.39, 0.29) is 5.91 Å². The number of nitrogens with one attached hydrogen (secondary N) is 2. The van der Waals surface area contributed by atoms with E-state index in [0.717, 1.165) is 38.3 Å². The number of hydrogen-bond donors (Lipinski definition) is 2. The van der Waals surface area contributed by atoms with Gasteiger partial charge in [-0.15, -0.1) is 0 Å². The summed E-state index contributed by atoms with van der Waals surface area (Å²) in [5.41, 5.74) is 1.20. The van der Waals surface area contributed by atoms with Gasteiger partial charge in [-0.1, -0.05) is 26.0 Å². The molecule has 0 radical (unpaired) electrons. The van der Waals surface area contributed by atoms with Gasteiger partial charge >= 0.3 is 0 Å². The van der Waals surface area contributed by atoms with Gasteiger partial charge < -0.3 is 15.4 Å². The lowest BCUT2D eigenvalue weighted by atomic mass is 10.2. The number of rotatable bonds is 10. The Kier molecular flexibility index (Phi) is 8.47. The maximum absolute atomic E-state index is 11.4. The van der Waals surface area contributed by atoms with Gasteiger partial charge in [0.1, 0.15) is 5.75 Å². The first-order valence-corrected chi connectivity index (χ1v) is 7.45. The fraction of sp³-hybridized carbons (Fsp3) is 0.562. The zero-order chi connectivity index (χ0) is 14.6. The maximum Gasteiger partial charge on any atom is 0.221 e. The number of carbonyl (C=O) groups excluding carboxylic acids is 1. The smallest absolute Gasteiger partial charge is 0.221 e. The van der Waals surface area contributed by atoms with Gasteiger partial charge in [0.05, 0.1) is 6.61 Å². The maximum atomic E-state index is 11.4. The Labute approximate surface area is 121 Å². The van der Waals surface area contributed by atoms with Crippen molar-refractivity contribution in [1.29, 1.82) is 0 Å². The molecule has 0 saturated heterocycles. The third kappa shape index (κ3) is 7.14. The van der Waals surface area contributed by atoms with Crippen LogP contribution in [0.1, 0.15) is 38.7 Å². The minimum atomic E-state index is 0.114. The molecule has 0 bridgehead atoms. The molecule has 0 heterocycles. The average molecular weight is 278 g/mol.